The van der Waals surface area contributed by atoms with Gasteiger partial charge in [0.1, 0.15) is 11.6 Å². The van der Waals surface area contributed by atoms with E-state index < -0.39 is 6.03 Å². The van der Waals surface area contributed by atoms with Crippen LogP contribution in [0.1, 0.15) is 58.4 Å². The Labute approximate surface area is 213 Å². The summed E-state index contributed by atoms with van der Waals surface area (Å²) in [7, 11) is 0. The van der Waals surface area contributed by atoms with Crippen LogP contribution in [0.5, 0.6) is 5.75 Å². The van der Waals surface area contributed by atoms with E-state index >= 15 is 0 Å². The van der Waals surface area contributed by atoms with Crippen molar-refractivity contribution in [3.8, 4) is 5.75 Å². The minimum Gasteiger partial charge on any atom is -0.508 e. The van der Waals surface area contributed by atoms with Crippen molar-refractivity contribution in [2.45, 2.75) is 52.9 Å². The van der Waals surface area contributed by atoms with Gasteiger partial charge in [-0.05, 0) is 73.7 Å². The Morgan fingerprint density at radius 2 is 1.86 bits per heavy atom. The third-order valence-corrected chi connectivity index (χ3v) is 5.69. The summed E-state index contributed by atoms with van der Waals surface area (Å²) in [6, 6.07) is 13.2. The number of amidine groups is 1. The Hall–Kier alpha value is -3.32. The number of unbranched alkanes of at least 4 members (excludes halogenated alkanes) is 1. The largest absolute Gasteiger partial charge is 0.508 e. The van der Waals surface area contributed by atoms with Gasteiger partial charge in [-0.1, -0.05) is 44.9 Å². The predicted molar refractivity (Wildman–Crippen MR) is 145 cm³/mol. The van der Waals surface area contributed by atoms with Gasteiger partial charge >= 0.3 is 6.03 Å². The number of carbonyl (C=O) groups excluding carboxylic acids is 1. The quantitative estimate of drug-likeness (QED) is 0.213. The number of halogens is 1. The maximum absolute atomic E-state index is 13.0. The van der Waals surface area contributed by atoms with Crippen molar-refractivity contribution in [1.82, 2.24) is 10.2 Å². The molecule has 2 aromatic rings. The molecule has 0 aliphatic rings. The number of phenols is 1. The Balaban J connectivity index is 2.25. The van der Waals surface area contributed by atoms with Gasteiger partial charge in [-0.2, -0.15) is 0 Å². The fourth-order valence-electron chi connectivity index (χ4n) is 3.59. The molecule has 0 saturated carbocycles. The lowest BCUT2D eigenvalue weighted by atomic mass is 9.99. The molecule has 5 N–H and O–H groups in total. The molecule has 0 radical (unpaired) electrons. The second-order valence-corrected chi connectivity index (χ2v) is 8.64. The first-order valence-electron chi connectivity index (χ1n) is 12.0. The molecule has 0 saturated heterocycles. The molecule has 35 heavy (non-hydrogen) atoms. The van der Waals surface area contributed by atoms with E-state index in [9.17, 15) is 9.90 Å². The number of hydrogen-bond acceptors (Lipinski definition) is 5. The van der Waals surface area contributed by atoms with E-state index in [2.05, 4.69) is 12.2 Å². The van der Waals surface area contributed by atoms with Gasteiger partial charge in [0.25, 0.3) is 0 Å². The van der Waals surface area contributed by atoms with E-state index in [0.29, 0.717) is 35.7 Å². The van der Waals surface area contributed by atoms with E-state index in [1.165, 1.54) is 17.0 Å². The Morgan fingerprint density at radius 3 is 2.46 bits per heavy atom. The maximum Gasteiger partial charge on any atom is 0.323 e. The number of amides is 2. The molecule has 0 unspecified atom stereocenters. The van der Waals surface area contributed by atoms with Crippen molar-refractivity contribution in [2.75, 3.05) is 13.1 Å². The van der Waals surface area contributed by atoms with Gasteiger partial charge in [0.05, 0.1) is 12.2 Å². The third-order valence-electron chi connectivity index (χ3n) is 5.46. The number of aromatic hydroxyl groups is 1. The summed E-state index contributed by atoms with van der Waals surface area (Å²) in [5.41, 5.74) is 10.2. The smallest absolute Gasteiger partial charge is 0.323 e. The highest BCUT2D eigenvalue weighted by Crippen LogP contribution is 2.22. The molecule has 0 bridgehead atoms. The second-order valence-electron chi connectivity index (χ2n) is 8.21. The standard InChI is InChI=1S/C27H36ClN5O2/c1-4-7-11-23(25(6-3)32-21-10-8-9-20(28)17-21)24(29)18-31-27(35)33(16-5-2)26(30)19-12-14-22(34)15-13-19/h8-10,12-15,17,30,34H,4-7,11,16,18,29H2,1-3H3,(H,31,35)/b24-23-,30-26?,32-25?. The highest BCUT2D eigenvalue weighted by atomic mass is 35.5. The van der Waals surface area contributed by atoms with Crippen molar-refractivity contribution >= 4 is 34.9 Å². The minimum absolute atomic E-state index is 0.0647. The summed E-state index contributed by atoms with van der Waals surface area (Å²) in [5, 5.41) is 21.5. The van der Waals surface area contributed by atoms with Gasteiger partial charge in [0, 0.05) is 28.5 Å². The third kappa shape index (κ3) is 8.44. The molecule has 0 aromatic heterocycles. The van der Waals surface area contributed by atoms with Crippen LogP contribution in [0.2, 0.25) is 5.02 Å². The zero-order valence-corrected chi connectivity index (χ0v) is 21.5. The van der Waals surface area contributed by atoms with E-state index in [1.807, 2.05) is 38.1 Å². The van der Waals surface area contributed by atoms with E-state index in [4.69, 9.17) is 27.7 Å². The zero-order valence-electron chi connectivity index (χ0n) is 20.8. The van der Waals surface area contributed by atoms with Gasteiger partial charge < -0.3 is 16.2 Å². The zero-order chi connectivity index (χ0) is 25.8. The van der Waals surface area contributed by atoms with Crippen LogP contribution in [0.25, 0.3) is 0 Å². The molecule has 8 heteroatoms. The normalized spacial score (nSPS) is 12.2. The van der Waals surface area contributed by atoms with E-state index in [-0.39, 0.29) is 18.1 Å². The number of nitrogens with zero attached hydrogens (tertiary/aromatic N) is 2. The van der Waals surface area contributed by atoms with Crippen molar-refractivity contribution < 1.29 is 9.90 Å². The van der Waals surface area contributed by atoms with Gasteiger partial charge in [-0.3, -0.25) is 15.3 Å². The first-order valence-corrected chi connectivity index (χ1v) is 12.4. The van der Waals surface area contributed by atoms with Crippen LogP contribution in [-0.2, 0) is 0 Å². The predicted octanol–water partition coefficient (Wildman–Crippen LogP) is 6.38. The van der Waals surface area contributed by atoms with Crippen molar-refractivity contribution in [1.29, 1.82) is 5.41 Å². The molecule has 0 fully saturated rings. The van der Waals surface area contributed by atoms with Crippen molar-refractivity contribution in [3.63, 3.8) is 0 Å². The number of aliphatic imine (C=N–C) groups is 1. The SMILES string of the molecule is CCCC/C(C(CC)=Nc1cccc(Cl)c1)=C(/N)CNC(=O)N(CCC)C(=N)c1ccc(O)cc1. The van der Waals surface area contributed by atoms with Gasteiger partial charge in [-0.15, -0.1) is 0 Å². The summed E-state index contributed by atoms with van der Waals surface area (Å²) >= 11 is 6.13. The van der Waals surface area contributed by atoms with E-state index in [0.717, 1.165) is 36.2 Å². The monoisotopic (exact) mass is 497 g/mol. The Morgan fingerprint density at radius 1 is 1.14 bits per heavy atom. The van der Waals surface area contributed by atoms with Crippen molar-refractivity contribution in [3.05, 3.63) is 70.4 Å². The average Bonchev–Trinajstić information content (AvgIpc) is 2.85. The fourth-order valence-corrected chi connectivity index (χ4v) is 3.78. The highest BCUT2D eigenvalue weighted by molar-refractivity contribution is 6.30. The van der Waals surface area contributed by atoms with Crippen LogP contribution in [0.3, 0.4) is 0 Å². The lowest BCUT2D eigenvalue weighted by Gasteiger charge is -2.24. The minimum atomic E-state index is -0.396. The fraction of sp³-hybridized carbons (Fsp3) is 0.370. The van der Waals surface area contributed by atoms with Crippen LogP contribution in [-0.4, -0.2) is 40.7 Å². The number of benzene rings is 2. The average molecular weight is 498 g/mol. The summed E-state index contributed by atoms with van der Waals surface area (Å²) in [4.78, 5) is 19.2. The lowest BCUT2D eigenvalue weighted by Crippen LogP contribution is -2.45. The number of allylic oxidation sites excluding steroid dienone is 1. The van der Waals surface area contributed by atoms with Crippen LogP contribution in [0.4, 0.5) is 10.5 Å². The number of nitrogens with two attached hydrogens (primary N) is 1. The van der Waals surface area contributed by atoms with Gasteiger partial charge in [0.15, 0.2) is 0 Å². The maximum atomic E-state index is 13.0. The highest BCUT2D eigenvalue weighted by Gasteiger charge is 2.20. The number of nitrogens with one attached hydrogen (secondary N) is 2. The number of carbonyl (C=O) groups is 1. The first kappa shape index (κ1) is 27.9. The summed E-state index contributed by atoms with van der Waals surface area (Å²) < 4.78 is 0. The molecular formula is C27H36ClN5O2. The summed E-state index contributed by atoms with van der Waals surface area (Å²) in [5.74, 6) is 0.173. The van der Waals surface area contributed by atoms with E-state index in [1.54, 1.807) is 12.1 Å². The molecule has 188 valence electrons. The molecule has 0 heterocycles. The molecule has 0 aliphatic carbocycles. The molecule has 0 atom stereocenters. The number of urea groups is 1. The first-order chi connectivity index (χ1) is 16.8. The van der Waals surface area contributed by atoms with Crippen LogP contribution < -0.4 is 11.1 Å². The summed E-state index contributed by atoms with van der Waals surface area (Å²) in [6.07, 6.45) is 4.09. The molecule has 0 aliphatic heterocycles. The Bertz CT molecular complexity index is 1060. The van der Waals surface area contributed by atoms with Crippen molar-refractivity contribution in [2.24, 2.45) is 10.7 Å². The number of phenolic OH excluding ortho intramolecular Hbond substituents is 1. The number of rotatable bonds is 11. The molecule has 7 nitrogen and oxygen atoms in total. The molecule has 0 spiro atoms. The van der Waals surface area contributed by atoms with Crippen LogP contribution >= 0.6 is 11.6 Å². The molecule has 2 amide bonds. The second kappa shape index (κ2) is 14.2. The van der Waals surface area contributed by atoms with Gasteiger partial charge in [0.2, 0.25) is 0 Å². The van der Waals surface area contributed by atoms with Crippen LogP contribution in [0.15, 0.2) is 64.8 Å². The Kier molecular flexibility index (Phi) is 11.3. The molecule has 2 rings (SSSR count). The lowest BCUT2D eigenvalue weighted by molar-refractivity contribution is 0.221. The topological polar surface area (TPSA) is 115 Å². The molecular weight excluding hydrogens is 462 g/mol. The molecule has 2 aromatic carbocycles. The number of hydrogen-bond donors (Lipinski definition) is 4. The van der Waals surface area contributed by atoms with Crippen LogP contribution in [0, 0.1) is 5.41 Å². The summed E-state index contributed by atoms with van der Waals surface area (Å²) in [6.45, 7) is 6.63. The van der Waals surface area contributed by atoms with Gasteiger partial charge in [-0.25, -0.2) is 4.79 Å².